The fourth-order valence-corrected chi connectivity index (χ4v) is 1.81. The molecule has 0 unspecified atom stereocenters. The molecular formula is C17H19NO3. The highest BCUT2D eigenvalue weighted by molar-refractivity contribution is 5.66. The van der Waals surface area contributed by atoms with E-state index in [4.69, 9.17) is 9.57 Å². The molecular weight excluding hydrogens is 266 g/mol. The topological polar surface area (TPSA) is 38.8 Å². The molecule has 0 aliphatic heterocycles. The fourth-order valence-electron chi connectivity index (χ4n) is 1.81. The van der Waals surface area contributed by atoms with Crippen molar-refractivity contribution in [1.82, 2.24) is 5.06 Å². The Labute approximate surface area is 124 Å². The van der Waals surface area contributed by atoms with E-state index in [1.807, 2.05) is 61.5 Å². The van der Waals surface area contributed by atoms with Gasteiger partial charge in [0.25, 0.3) is 0 Å². The minimum absolute atomic E-state index is 0.307. The van der Waals surface area contributed by atoms with Crippen LogP contribution in [0.5, 0.6) is 5.75 Å². The van der Waals surface area contributed by atoms with Gasteiger partial charge in [-0.3, -0.25) is 0 Å². The summed E-state index contributed by atoms with van der Waals surface area (Å²) < 4.78 is 5.03. The molecule has 21 heavy (non-hydrogen) atoms. The molecule has 2 aromatic carbocycles. The lowest BCUT2D eigenvalue weighted by Gasteiger charge is -2.21. The second kappa shape index (κ2) is 7.33. The van der Waals surface area contributed by atoms with Crippen LogP contribution in [0.1, 0.15) is 18.1 Å². The van der Waals surface area contributed by atoms with E-state index in [1.165, 1.54) is 5.06 Å². The van der Waals surface area contributed by atoms with E-state index in [-0.39, 0.29) is 0 Å². The molecule has 0 saturated carbocycles. The van der Waals surface area contributed by atoms with Crippen LogP contribution in [-0.2, 0) is 11.3 Å². The molecule has 2 aromatic rings. The normalized spacial score (nSPS) is 10.0. The number of aryl methyl sites for hydroxylation is 1. The van der Waals surface area contributed by atoms with Gasteiger partial charge in [0.05, 0.1) is 13.2 Å². The smallest absolute Gasteiger partial charge is 0.443 e. The van der Waals surface area contributed by atoms with Crippen LogP contribution >= 0.6 is 0 Å². The largest absolute Gasteiger partial charge is 0.448 e. The molecule has 4 nitrogen and oxygen atoms in total. The number of carbonyl (C=O) groups excluding carboxylic acids is 1. The molecule has 0 bridgehead atoms. The maximum absolute atomic E-state index is 12.0. The van der Waals surface area contributed by atoms with Gasteiger partial charge in [-0.05, 0) is 31.5 Å². The highest BCUT2D eigenvalue weighted by Crippen LogP contribution is 2.15. The molecule has 1 amide bonds. The zero-order valence-electron chi connectivity index (χ0n) is 12.3. The predicted molar refractivity (Wildman–Crippen MR) is 80.8 cm³/mol. The van der Waals surface area contributed by atoms with Crippen molar-refractivity contribution in [3.8, 4) is 5.75 Å². The van der Waals surface area contributed by atoms with Gasteiger partial charge >= 0.3 is 6.09 Å². The van der Waals surface area contributed by atoms with Crippen molar-refractivity contribution in [3.05, 3.63) is 65.7 Å². The van der Waals surface area contributed by atoms with Crippen molar-refractivity contribution in [1.29, 1.82) is 0 Å². The third-order valence-corrected chi connectivity index (χ3v) is 2.88. The summed E-state index contributed by atoms with van der Waals surface area (Å²) in [6, 6.07) is 17.2. The molecule has 0 aliphatic rings. The minimum Gasteiger partial charge on any atom is -0.448 e. The summed E-state index contributed by atoms with van der Waals surface area (Å²) in [5.74, 6) is 0.601. The quantitative estimate of drug-likeness (QED) is 0.781. The molecule has 2 rings (SSSR count). The van der Waals surface area contributed by atoms with Crippen LogP contribution in [0, 0.1) is 6.92 Å². The third-order valence-electron chi connectivity index (χ3n) is 2.88. The molecule has 110 valence electrons. The summed E-state index contributed by atoms with van der Waals surface area (Å²) in [7, 11) is 0. The number of benzene rings is 2. The van der Waals surface area contributed by atoms with Crippen LogP contribution in [0.25, 0.3) is 0 Å². The highest BCUT2D eigenvalue weighted by atomic mass is 16.7. The molecule has 0 atom stereocenters. The van der Waals surface area contributed by atoms with E-state index >= 15 is 0 Å². The second-order valence-electron chi connectivity index (χ2n) is 4.63. The molecule has 0 N–H and O–H groups in total. The minimum atomic E-state index is -0.498. The van der Waals surface area contributed by atoms with E-state index in [0.717, 1.165) is 11.1 Å². The van der Waals surface area contributed by atoms with Crippen LogP contribution in [-0.4, -0.2) is 17.8 Å². The number of amides is 1. The first kappa shape index (κ1) is 14.9. The summed E-state index contributed by atoms with van der Waals surface area (Å²) in [6.07, 6.45) is -0.498. The van der Waals surface area contributed by atoms with Crippen molar-refractivity contribution in [2.75, 3.05) is 6.61 Å². The summed E-state index contributed by atoms with van der Waals surface area (Å²) >= 11 is 0. The molecule has 0 radical (unpaired) electrons. The molecule has 0 heterocycles. The first-order valence-electron chi connectivity index (χ1n) is 6.92. The van der Waals surface area contributed by atoms with Crippen molar-refractivity contribution in [2.24, 2.45) is 0 Å². The Kier molecular flexibility index (Phi) is 5.21. The van der Waals surface area contributed by atoms with Gasteiger partial charge in [0.1, 0.15) is 0 Å². The van der Waals surface area contributed by atoms with E-state index < -0.39 is 6.09 Å². The Hall–Kier alpha value is -2.49. The third kappa shape index (κ3) is 4.53. The lowest BCUT2D eigenvalue weighted by Crippen LogP contribution is -2.34. The Morgan fingerprint density at radius 1 is 1.05 bits per heavy atom. The number of nitrogens with zero attached hydrogens (tertiary/aromatic N) is 1. The number of carbonyl (C=O) groups is 1. The van der Waals surface area contributed by atoms with Gasteiger partial charge < -0.3 is 9.57 Å². The molecule has 0 saturated heterocycles. The Bertz CT molecular complexity index is 566. The summed E-state index contributed by atoms with van der Waals surface area (Å²) in [4.78, 5) is 17.6. The van der Waals surface area contributed by atoms with Gasteiger partial charge in [0.15, 0.2) is 5.75 Å². The molecule has 0 aliphatic carbocycles. The monoisotopic (exact) mass is 285 g/mol. The molecule has 0 aromatic heterocycles. The Balaban J connectivity index is 2.11. The van der Waals surface area contributed by atoms with E-state index in [9.17, 15) is 4.79 Å². The molecule has 4 heteroatoms. The number of hydrogen-bond acceptors (Lipinski definition) is 3. The SMILES string of the molecule is CCOC(=O)N(Cc1ccccc1)Oc1ccc(C)cc1. The predicted octanol–water partition coefficient (Wildman–Crippen LogP) is 3.95. The van der Waals surface area contributed by atoms with Crippen molar-refractivity contribution >= 4 is 6.09 Å². The maximum Gasteiger partial charge on any atom is 0.443 e. The molecule has 0 spiro atoms. The first-order valence-corrected chi connectivity index (χ1v) is 6.92. The zero-order chi connectivity index (χ0) is 15.1. The number of hydrogen-bond donors (Lipinski definition) is 0. The van der Waals surface area contributed by atoms with E-state index in [0.29, 0.717) is 18.9 Å². The van der Waals surface area contributed by atoms with Gasteiger partial charge in [0, 0.05) is 0 Å². The van der Waals surface area contributed by atoms with Crippen LogP contribution in [0.15, 0.2) is 54.6 Å². The highest BCUT2D eigenvalue weighted by Gasteiger charge is 2.17. The van der Waals surface area contributed by atoms with E-state index in [2.05, 4.69) is 0 Å². The fraction of sp³-hybridized carbons (Fsp3) is 0.235. The lowest BCUT2D eigenvalue weighted by molar-refractivity contribution is -0.0537. The van der Waals surface area contributed by atoms with Crippen LogP contribution in [0.4, 0.5) is 4.79 Å². The van der Waals surface area contributed by atoms with E-state index in [1.54, 1.807) is 6.92 Å². The number of hydroxylamine groups is 2. The Morgan fingerprint density at radius 2 is 1.71 bits per heavy atom. The molecule has 0 fully saturated rings. The van der Waals surface area contributed by atoms with Gasteiger partial charge in [-0.1, -0.05) is 48.0 Å². The van der Waals surface area contributed by atoms with Crippen LogP contribution in [0.2, 0.25) is 0 Å². The summed E-state index contributed by atoms with van der Waals surface area (Å²) in [5, 5.41) is 1.23. The Morgan fingerprint density at radius 3 is 2.33 bits per heavy atom. The lowest BCUT2D eigenvalue weighted by atomic mass is 10.2. The van der Waals surface area contributed by atoms with Crippen molar-refractivity contribution < 1.29 is 14.4 Å². The second-order valence-corrected chi connectivity index (χ2v) is 4.63. The number of rotatable bonds is 5. The van der Waals surface area contributed by atoms with Gasteiger partial charge in [0.2, 0.25) is 0 Å². The standard InChI is InChI=1S/C17H19NO3/c1-3-20-17(19)18(13-15-7-5-4-6-8-15)21-16-11-9-14(2)10-12-16/h4-12H,3,13H2,1-2H3. The van der Waals surface area contributed by atoms with Gasteiger partial charge in [-0.25, -0.2) is 4.79 Å². The summed E-state index contributed by atoms with van der Waals surface area (Å²) in [6.45, 7) is 4.40. The first-order chi connectivity index (χ1) is 10.2. The summed E-state index contributed by atoms with van der Waals surface area (Å²) in [5.41, 5.74) is 2.10. The number of ether oxygens (including phenoxy) is 1. The maximum atomic E-state index is 12.0. The average Bonchev–Trinajstić information content (AvgIpc) is 2.50. The van der Waals surface area contributed by atoms with Crippen LogP contribution in [0.3, 0.4) is 0 Å². The van der Waals surface area contributed by atoms with Crippen molar-refractivity contribution in [2.45, 2.75) is 20.4 Å². The average molecular weight is 285 g/mol. The van der Waals surface area contributed by atoms with Crippen LogP contribution < -0.4 is 4.84 Å². The van der Waals surface area contributed by atoms with Crippen molar-refractivity contribution in [3.63, 3.8) is 0 Å². The van der Waals surface area contributed by atoms with Gasteiger partial charge in [-0.15, -0.1) is 5.06 Å². The zero-order valence-corrected chi connectivity index (χ0v) is 12.3. The van der Waals surface area contributed by atoms with Gasteiger partial charge in [-0.2, -0.15) is 0 Å².